The fourth-order valence-corrected chi connectivity index (χ4v) is 4.50. The average molecular weight is 531 g/mol. The molecule has 8 nitrogen and oxygen atoms in total. The van der Waals surface area contributed by atoms with E-state index in [0.717, 1.165) is 5.69 Å². The monoisotopic (exact) mass is 530 g/mol. The molecule has 1 heterocycles. The van der Waals surface area contributed by atoms with Crippen LogP contribution in [0.25, 0.3) is 5.76 Å². The van der Waals surface area contributed by atoms with Crippen molar-refractivity contribution < 1.29 is 28.9 Å². The molecule has 1 saturated heterocycles. The summed E-state index contributed by atoms with van der Waals surface area (Å²) >= 11 is 0. The Labute approximate surface area is 229 Å². The standard InChI is InChI=1S/C31H34N2O6/c1-19(2)18-39-24-9-7-8-21(16-24)29(34)27-28(20-10-15-25(37-5)26(17-20)38-6)33(31(36)30(27)35)23-13-11-22(12-14-23)32(3)4/h7-17,19,28,34H,18H2,1-6H3/b29-27-. The summed E-state index contributed by atoms with van der Waals surface area (Å²) in [6, 6.07) is 18.5. The number of carbonyl (C=O) groups excluding carboxylic acids is 2. The zero-order valence-corrected chi connectivity index (χ0v) is 23.1. The first kappa shape index (κ1) is 27.6. The Kier molecular flexibility index (Phi) is 8.14. The van der Waals surface area contributed by atoms with Gasteiger partial charge >= 0.3 is 0 Å². The minimum absolute atomic E-state index is 0.0232. The number of amides is 1. The number of Topliss-reactive ketones (excluding diaryl/α,β-unsaturated/α-hetero) is 1. The molecule has 4 rings (SSSR count). The van der Waals surface area contributed by atoms with Crippen molar-refractivity contribution in [1.82, 2.24) is 0 Å². The van der Waals surface area contributed by atoms with Crippen LogP contribution >= 0.6 is 0 Å². The van der Waals surface area contributed by atoms with Crippen LogP contribution in [0.4, 0.5) is 11.4 Å². The molecule has 1 fully saturated rings. The van der Waals surface area contributed by atoms with Crippen LogP contribution < -0.4 is 24.0 Å². The van der Waals surface area contributed by atoms with Crippen LogP contribution in [0.2, 0.25) is 0 Å². The van der Waals surface area contributed by atoms with Gasteiger partial charge in [-0.15, -0.1) is 0 Å². The highest BCUT2D eigenvalue weighted by Crippen LogP contribution is 2.44. The van der Waals surface area contributed by atoms with Gasteiger partial charge in [0.05, 0.1) is 32.4 Å². The van der Waals surface area contributed by atoms with Gasteiger partial charge in [-0.2, -0.15) is 0 Å². The van der Waals surface area contributed by atoms with Crippen LogP contribution in [0.3, 0.4) is 0 Å². The van der Waals surface area contributed by atoms with Gasteiger partial charge in [0.25, 0.3) is 11.7 Å². The highest BCUT2D eigenvalue weighted by atomic mass is 16.5. The molecule has 1 N–H and O–H groups in total. The first-order chi connectivity index (χ1) is 18.7. The van der Waals surface area contributed by atoms with E-state index in [1.165, 1.54) is 19.1 Å². The molecular weight excluding hydrogens is 496 g/mol. The van der Waals surface area contributed by atoms with Crippen LogP contribution in [0.5, 0.6) is 17.2 Å². The van der Waals surface area contributed by atoms with Crippen molar-refractivity contribution in [3.05, 3.63) is 83.4 Å². The largest absolute Gasteiger partial charge is 0.507 e. The van der Waals surface area contributed by atoms with Gasteiger partial charge in [0.1, 0.15) is 11.5 Å². The number of benzene rings is 3. The van der Waals surface area contributed by atoms with Crippen LogP contribution in [0.15, 0.2) is 72.3 Å². The number of ketones is 1. The van der Waals surface area contributed by atoms with Crippen molar-refractivity contribution in [1.29, 1.82) is 0 Å². The van der Waals surface area contributed by atoms with Crippen molar-refractivity contribution in [2.45, 2.75) is 19.9 Å². The highest BCUT2D eigenvalue weighted by molar-refractivity contribution is 6.51. The molecule has 3 aromatic rings. The number of methoxy groups -OCH3 is 2. The van der Waals surface area contributed by atoms with Crippen molar-refractivity contribution in [3.8, 4) is 17.2 Å². The number of hydrogen-bond acceptors (Lipinski definition) is 7. The van der Waals surface area contributed by atoms with E-state index < -0.39 is 17.7 Å². The number of aliphatic hydroxyl groups is 1. The lowest BCUT2D eigenvalue weighted by Crippen LogP contribution is -2.29. The Morgan fingerprint density at radius 1 is 0.949 bits per heavy atom. The molecule has 0 bridgehead atoms. The first-order valence-electron chi connectivity index (χ1n) is 12.7. The SMILES string of the molecule is COc1ccc(C2/C(=C(/O)c3cccc(OCC(C)C)c3)C(=O)C(=O)N2c2ccc(N(C)C)cc2)cc1OC. The van der Waals surface area contributed by atoms with Gasteiger partial charge in [-0.3, -0.25) is 14.5 Å². The van der Waals surface area contributed by atoms with Gasteiger partial charge in [0.2, 0.25) is 0 Å². The first-order valence-corrected chi connectivity index (χ1v) is 12.7. The lowest BCUT2D eigenvalue weighted by molar-refractivity contribution is -0.132. The van der Waals surface area contributed by atoms with Crippen LogP contribution in [0.1, 0.15) is 31.0 Å². The Hall–Kier alpha value is -4.46. The van der Waals surface area contributed by atoms with Gasteiger partial charge in [0, 0.05) is 31.0 Å². The maximum atomic E-state index is 13.5. The summed E-state index contributed by atoms with van der Waals surface area (Å²) < 4.78 is 16.7. The van der Waals surface area contributed by atoms with E-state index in [1.54, 1.807) is 54.6 Å². The fourth-order valence-electron chi connectivity index (χ4n) is 4.50. The molecule has 0 aromatic heterocycles. The highest BCUT2D eigenvalue weighted by Gasteiger charge is 2.47. The Morgan fingerprint density at radius 3 is 2.26 bits per heavy atom. The average Bonchev–Trinajstić information content (AvgIpc) is 3.21. The summed E-state index contributed by atoms with van der Waals surface area (Å²) in [4.78, 5) is 30.4. The lowest BCUT2D eigenvalue weighted by Gasteiger charge is -2.26. The zero-order valence-electron chi connectivity index (χ0n) is 23.1. The van der Waals surface area contributed by atoms with Gasteiger partial charge in [-0.1, -0.05) is 32.0 Å². The van der Waals surface area contributed by atoms with Gasteiger partial charge in [0.15, 0.2) is 11.5 Å². The normalized spacial score (nSPS) is 16.5. The molecule has 1 unspecified atom stereocenters. The smallest absolute Gasteiger partial charge is 0.300 e. The number of rotatable bonds is 9. The number of aliphatic hydroxyl groups excluding tert-OH is 1. The van der Waals surface area contributed by atoms with E-state index in [1.807, 2.05) is 45.0 Å². The molecule has 3 aromatic carbocycles. The van der Waals surface area contributed by atoms with Crippen LogP contribution in [-0.4, -0.2) is 51.7 Å². The van der Waals surface area contributed by atoms with Gasteiger partial charge in [-0.25, -0.2) is 0 Å². The Balaban J connectivity index is 1.89. The summed E-state index contributed by atoms with van der Waals surface area (Å²) in [6.07, 6.45) is 0. The summed E-state index contributed by atoms with van der Waals surface area (Å²) in [5, 5.41) is 11.5. The number of ether oxygens (including phenoxy) is 3. The maximum Gasteiger partial charge on any atom is 0.300 e. The Bertz CT molecular complexity index is 1390. The van der Waals surface area contributed by atoms with E-state index >= 15 is 0 Å². The third-order valence-electron chi connectivity index (χ3n) is 6.50. The van der Waals surface area contributed by atoms with E-state index in [2.05, 4.69) is 0 Å². The minimum atomic E-state index is -0.907. The van der Waals surface area contributed by atoms with E-state index in [-0.39, 0.29) is 11.3 Å². The summed E-state index contributed by atoms with van der Waals surface area (Å²) in [5.74, 6) is 0.0192. The van der Waals surface area contributed by atoms with E-state index in [4.69, 9.17) is 14.2 Å². The Morgan fingerprint density at radius 2 is 1.64 bits per heavy atom. The molecule has 0 aliphatic carbocycles. The predicted molar refractivity (Wildman–Crippen MR) is 152 cm³/mol. The topological polar surface area (TPSA) is 88.5 Å². The minimum Gasteiger partial charge on any atom is -0.507 e. The van der Waals surface area contributed by atoms with Gasteiger partial charge in [-0.05, 0) is 60.0 Å². The molecule has 1 atom stereocenters. The van der Waals surface area contributed by atoms with E-state index in [0.29, 0.717) is 46.6 Å². The second-order valence-electron chi connectivity index (χ2n) is 9.93. The van der Waals surface area contributed by atoms with E-state index in [9.17, 15) is 14.7 Å². The molecule has 39 heavy (non-hydrogen) atoms. The molecule has 0 radical (unpaired) electrons. The predicted octanol–water partition coefficient (Wildman–Crippen LogP) is 5.43. The quantitative estimate of drug-likeness (QED) is 0.224. The van der Waals surface area contributed by atoms with Crippen molar-refractivity contribution in [2.75, 3.05) is 44.7 Å². The summed E-state index contributed by atoms with van der Waals surface area (Å²) in [5.41, 5.74) is 2.40. The van der Waals surface area contributed by atoms with Crippen LogP contribution in [0, 0.1) is 5.92 Å². The molecule has 204 valence electrons. The van der Waals surface area contributed by atoms with Crippen molar-refractivity contribution in [3.63, 3.8) is 0 Å². The fraction of sp³-hybridized carbons (Fsp3) is 0.290. The van der Waals surface area contributed by atoms with Crippen molar-refractivity contribution in [2.24, 2.45) is 5.92 Å². The number of anilines is 2. The third kappa shape index (κ3) is 5.55. The third-order valence-corrected chi connectivity index (χ3v) is 6.50. The van der Waals surface area contributed by atoms with Crippen molar-refractivity contribution >= 4 is 28.8 Å². The second kappa shape index (κ2) is 11.5. The second-order valence-corrected chi connectivity index (χ2v) is 9.93. The summed E-state index contributed by atoms with van der Waals surface area (Å²) in [7, 11) is 6.89. The number of carbonyl (C=O) groups is 2. The molecule has 8 heteroatoms. The lowest BCUT2D eigenvalue weighted by atomic mass is 9.94. The summed E-state index contributed by atoms with van der Waals surface area (Å²) in [6.45, 7) is 4.59. The molecule has 0 spiro atoms. The molecule has 1 aliphatic heterocycles. The maximum absolute atomic E-state index is 13.5. The molecule has 1 amide bonds. The molecule has 1 aliphatic rings. The number of hydrogen-bond donors (Lipinski definition) is 1. The number of nitrogens with zero attached hydrogens (tertiary/aromatic N) is 2. The molecular formula is C31H34N2O6. The van der Waals surface area contributed by atoms with Gasteiger partial charge < -0.3 is 24.2 Å². The zero-order chi connectivity index (χ0) is 28.3. The van der Waals surface area contributed by atoms with Crippen LogP contribution in [-0.2, 0) is 9.59 Å². The molecule has 0 saturated carbocycles.